The topological polar surface area (TPSA) is 21.8 Å². The van der Waals surface area contributed by atoms with Crippen LogP contribution in [-0.4, -0.2) is 87.2 Å². The predicted octanol–water partition coefficient (Wildman–Crippen LogP) is 0.945. The van der Waals surface area contributed by atoms with Crippen LogP contribution in [0.3, 0.4) is 0 Å². The summed E-state index contributed by atoms with van der Waals surface area (Å²) in [6, 6.07) is 0. The van der Waals surface area contributed by atoms with E-state index in [0.29, 0.717) is 0 Å². The second-order valence-electron chi connectivity index (χ2n) is 6.64. The molecule has 4 heteroatoms. The van der Waals surface area contributed by atoms with Crippen molar-refractivity contribution in [3.8, 4) is 0 Å². The highest BCUT2D eigenvalue weighted by molar-refractivity contribution is 4.75. The van der Waals surface area contributed by atoms with Gasteiger partial charge in [-0.1, -0.05) is 6.92 Å². The molecule has 2 aliphatic rings. The van der Waals surface area contributed by atoms with Gasteiger partial charge >= 0.3 is 0 Å². The van der Waals surface area contributed by atoms with Crippen LogP contribution in [0.2, 0.25) is 0 Å². The largest absolute Gasteiger partial charge is 0.317 e. The quantitative estimate of drug-likeness (QED) is 0.750. The van der Waals surface area contributed by atoms with Crippen LogP contribution in [0.25, 0.3) is 0 Å². The number of piperidine rings is 1. The molecule has 2 fully saturated rings. The first-order chi connectivity index (χ1) is 9.78. The van der Waals surface area contributed by atoms with Crippen LogP contribution in [0.15, 0.2) is 0 Å². The van der Waals surface area contributed by atoms with Crippen molar-refractivity contribution in [1.29, 1.82) is 0 Å². The summed E-state index contributed by atoms with van der Waals surface area (Å²) in [5.41, 5.74) is 0. The van der Waals surface area contributed by atoms with Crippen LogP contribution >= 0.6 is 0 Å². The Morgan fingerprint density at radius 2 is 1.75 bits per heavy atom. The van der Waals surface area contributed by atoms with Gasteiger partial charge in [0.1, 0.15) is 0 Å². The molecule has 0 aliphatic carbocycles. The van der Waals surface area contributed by atoms with Gasteiger partial charge in [0.15, 0.2) is 0 Å². The van der Waals surface area contributed by atoms with E-state index in [2.05, 4.69) is 34.0 Å². The molecule has 2 saturated heterocycles. The Kier molecular flexibility index (Phi) is 7.28. The maximum atomic E-state index is 3.48. The van der Waals surface area contributed by atoms with Gasteiger partial charge in [0.25, 0.3) is 0 Å². The SMILES string of the molecule is CCCN(CCN1CCN(C)CC1)CC1CCNCC1. The highest BCUT2D eigenvalue weighted by Crippen LogP contribution is 2.13. The summed E-state index contributed by atoms with van der Waals surface area (Å²) in [6.07, 6.45) is 4.02. The summed E-state index contributed by atoms with van der Waals surface area (Å²) < 4.78 is 0. The lowest BCUT2D eigenvalue weighted by molar-refractivity contribution is 0.126. The van der Waals surface area contributed by atoms with Crippen LogP contribution in [0.4, 0.5) is 0 Å². The molecule has 1 N–H and O–H groups in total. The van der Waals surface area contributed by atoms with Crippen LogP contribution < -0.4 is 5.32 Å². The molecule has 0 amide bonds. The molecule has 0 bridgehead atoms. The number of likely N-dealkylation sites (N-methyl/N-ethyl adjacent to an activating group) is 1. The first-order valence-corrected chi connectivity index (χ1v) is 8.62. The highest BCUT2D eigenvalue weighted by Gasteiger charge is 2.18. The molecule has 0 saturated carbocycles. The fourth-order valence-electron chi connectivity index (χ4n) is 3.39. The lowest BCUT2D eigenvalue weighted by Crippen LogP contribution is -2.47. The van der Waals surface area contributed by atoms with Crippen molar-refractivity contribution in [2.24, 2.45) is 5.92 Å². The Balaban J connectivity index is 1.68. The van der Waals surface area contributed by atoms with Gasteiger partial charge in [0.2, 0.25) is 0 Å². The van der Waals surface area contributed by atoms with Gasteiger partial charge in [-0.25, -0.2) is 0 Å². The first kappa shape index (κ1) is 16.2. The molecular formula is C16H34N4. The zero-order valence-electron chi connectivity index (χ0n) is 13.6. The van der Waals surface area contributed by atoms with E-state index in [9.17, 15) is 0 Å². The van der Waals surface area contributed by atoms with Crippen molar-refractivity contribution in [3.05, 3.63) is 0 Å². The minimum atomic E-state index is 0.926. The van der Waals surface area contributed by atoms with Crippen molar-refractivity contribution in [2.75, 3.05) is 72.5 Å². The molecule has 20 heavy (non-hydrogen) atoms. The molecule has 2 rings (SSSR count). The maximum absolute atomic E-state index is 3.48. The van der Waals surface area contributed by atoms with Crippen molar-refractivity contribution < 1.29 is 0 Å². The van der Waals surface area contributed by atoms with Crippen LogP contribution in [0, 0.1) is 5.92 Å². The summed E-state index contributed by atoms with van der Waals surface area (Å²) >= 11 is 0. The molecule has 0 aromatic carbocycles. The number of nitrogens with one attached hydrogen (secondary N) is 1. The minimum Gasteiger partial charge on any atom is -0.317 e. The van der Waals surface area contributed by atoms with Gasteiger partial charge in [-0.2, -0.15) is 0 Å². The van der Waals surface area contributed by atoms with E-state index in [1.807, 2.05) is 0 Å². The molecule has 0 spiro atoms. The standard InChI is InChI=1S/C16H34N4/c1-3-8-20(15-16-4-6-17-7-5-16)14-13-19-11-9-18(2)10-12-19/h16-17H,3-15H2,1-2H3. The maximum Gasteiger partial charge on any atom is 0.0110 e. The van der Waals surface area contributed by atoms with Gasteiger partial charge in [-0.3, -0.25) is 4.90 Å². The van der Waals surface area contributed by atoms with E-state index >= 15 is 0 Å². The lowest BCUT2D eigenvalue weighted by atomic mass is 9.97. The molecular weight excluding hydrogens is 248 g/mol. The van der Waals surface area contributed by atoms with Crippen LogP contribution in [-0.2, 0) is 0 Å². The lowest BCUT2D eigenvalue weighted by Gasteiger charge is -2.35. The van der Waals surface area contributed by atoms with Gasteiger partial charge in [0, 0.05) is 45.8 Å². The molecule has 0 unspecified atom stereocenters. The molecule has 4 nitrogen and oxygen atoms in total. The minimum absolute atomic E-state index is 0.926. The number of rotatable bonds is 7. The monoisotopic (exact) mass is 282 g/mol. The molecule has 0 aromatic rings. The molecule has 0 aromatic heterocycles. The Morgan fingerprint density at radius 1 is 1.05 bits per heavy atom. The second kappa shape index (κ2) is 8.98. The van der Waals surface area contributed by atoms with Gasteiger partial charge < -0.3 is 15.1 Å². The zero-order valence-corrected chi connectivity index (χ0v) is 13.6. The Morgan fingerprint density at radius 3 is 2.40 bits per heavy atom. The average Bonchev–Trinajstić information content (AvgIpc) is 2.48. The predicted molar refractivity (Wildman–Crippen MR) is 86.3 cm³/mol. The smallest absolute Gasteiger partial charge is 0.0110 e. The van der Waals surface area contributed by atoms with Gasteiger partial charge in [-0.05, 0) is 51.9 Å². The van der Waals surface area contributed by atoms with E-state index < -0.39 is 0 Å². The second-order valence-corrected chi connectivity index (χ2v) is 6.64. The summed E-state index contributed by atoms with van der Waals surface area (Å²) in [6.45, 7) is 14.9. The molecule has 2 heterocycles. The number of nitrogens with zero attached hydrogens (tertiary/aromatic N) is 3. The van der Waals surface area contributed by atoms with E-state index in [1.54, 1.807) is 0 Å². The van der Waals surface area contributed by atoms with E-state index in [0.717, 1.165) is 5.92 Å². The van der Waals surface area contributed by atoms with E-state index in [1.165, 1.54) is 84.7 Å². The Bertz CT molecular complexity index is 245. The van der Waals surface area contributed by atoms with Crippen LogP contribution in [0.5, 0.6) is 0 Å². The zero-order chi connectivity index (χ0) is 14.2. The average molecular weight is 282 g/mol. The van der Waals surface area contributed by atoms with Crippen molar-refractivity contribution in [1.82, 2.24) is 20.0 Å². The van der Waals surface area contributed by atoms with Crippen molar-refractivity contribution in [3.63, 3.8) is 0 Å². The van der Waals surface area contributed by atoms with Gasteiger partial charge in [0.05, 0.1) is 0 Å². The normalized spacial score (nSPS) is 23.6. The third kappa shape index (κ3) is 5.68. The molecule has 2 aliphatic heterocycles. The Hall–Kier alpha value is -0.160. The molecule has 0 radical (unpaired) electrons. The summed E-state index contributed by atoms with van der Waals surface area (Å²) in [4.78, 5) is 7.80. The Labute approximate surface area is 125 Å². The number of piperazine rings is 1. The highest BCUT2D eigenvalue weighted by atomic mass is 15.3. The fourth-order valence-corrected chi connectivity index (χ4v) is 3.39. The van der Waals surface area contributed by atoms with E-state index in [-0.39, 0.29) is 0 Å². The third-order valence-corrected chi connectivity index (χ3v) is 4.84. The third-order valence-electron chi connectivity index (χ3n) is 4.84. The number of hydrogen-bond donors (Lipinski definition) is 1. The van der Waals surface area contributed by atoms with E-state index in [4.69, 9.17) is 0 Å². The molecule has 118 valence electrons. The van der Waals surface area contributed by atoms with Gasteiger partial charge in [-0.15, -0.1) is 0 Å². The summed E-state index contributed by atoms with van der Waals surface area (Å²) in [7, 11) is 2.23. The molecule has 0 atom stereocenters. The number of hydrogen-bond acceptors (Lipinski definition) is 4. The summed E-state index contributed by atoms with van der Waals surface area (Å²) in [5, 5.41) is 3.48. The van der Waals surface area contributed by atoms with Crippen molar-refractivity contribution in [2.45, 2.75) is 26.2 Å². The van der Waals surface area contributed by atoms with Crippen molar-refractivity contribution >= 4 is 0 Å². The summed E-state index contributed by atoms with van der Waals surface area (Å²) in [5.74, 6) is 0.926. The first-order valence-electron chi connectivity index (χ1n) is 8.62. The van der Waals surface area contributed by atoms with Crippen LogP contribution in [0.1, 0.15) is 26.2 Å². The fraction of sp³-hybridized carbons (Fsp3) is 1.00.